The van der Waals surface area contributed by atoms with Crippen molar-refractivity contribution < 1.29 is 18.5 Å². The molecule has 0 saturated carbocycles. The summed E-state index contributed by atoms with van der Waals surface area (Å²) < 4.78 is 18.4. The summed E-state index contributed by atoms with van der Waals surface area (Å²) in [5.41, 5.74) is 2.78. The summed E-state index contributed by atoms with van der Waals surface area (Å²) in [5.74, 6) is -0.255. The van der Waals surface area contributed by atoms with Gasteiger partial charge in [-0.15, -0.1) is 0 Å². The van der Waals surface area contributed by atoms with Gasteiger partial charge in [-0.25, -0.2) is 9.82 Å². The number of amides is 1. The van der Waals surface area contributed by atoms with Crippen LogP contribution in [0.3, 0.4) is 0 Å². The molecule has 2 aromatic carbocycles. The van der Waals surface area contributed by atoms with Crippen LogP contribution >= 0.6 is 11.6 Å². The minimum Gasteiger partial charge on any atom is -0.455 e. The second kappa shape index (κ2) is 7.79. The van der Waals surface area contributed by atoms with Crippen molar-refractivity contribution in [1.82, 2.24) is 5.43 Å². The third kappa shape index (κ3) is 4.36. The van der Waals surface area contributed by atoms with E-state index in [1.54, 1.807) is 18.2 Å². The molecule has 0 fully saturated rings. The lowest BCUT2D eigenvalue weighted by Gasteiger charge is -1.99. The number of nitro benzene ring substituents is 1. The van der Waals surface area contributed by atoms with E-state index in [1.807, 2.05) is 0 Å². The molecule has 1 N–H and O–H groups in total. The number of hydrogen-bond acceptors (Lipinski definition) is 5. The number of benzene rings is 2. The molecule has 136 valence electrons. The number of halogens is 2. The van der Waals surface area contributed by atoms with Gasteiger partial charge in [0, 0.05) is 17.2 Å². The van der Waals surface area contributed by atoms with Crippen LogP contribution in [0.1, 0.15) is 16.1 Å². The first-order valence-electron chi connectivity index (χ1n) is 7.57. The Balaban J connectivity index is 1.70. The second-order valence-electron chi connectivity index (χ2n) is 5.33. The van der Waals surface area contributed by atoms with Gasteiger partial charge >= 0.3 is 0 Å². The fraction of sp³-hybridized carbons (Fsp3) is 0. The molecule has 1 amide bonds. The quantitative estimate of drug-likeness (QED) is 0.398. The predicted octanol–water partition coefficient (Wildman–Crippen LogP) is 4.41. The van der Waals surface area contributed by atoms with Crippen LogP contribution in [0.2, 0.25) is 5.02 Å². The summed E-state index contributed by atoms with van der Waals surface area (Å²) >= 11 is 5.79. The standard InChI is InChI=1S/C18H11ClFN3O4/c19-15-7-3-12(9-16(15)23(25)26)17-8-6-14(27-17)10-21-22-18(24)11-1-4-13(20)5-2-11/h1-10H,(H,22,24)/b21-10-. The Kier molecular flexibility index (Phi) is 5.28. The third-order valence-electron chi connectivity index (χ3n) is 3.52. The molecule has 0 aliphatic heterocycles. The summed E-state index contributed by atoms with van der Waals surface area (Å²) in [7, 11) is 0. The van der Waals surface area contributed by atoms with E-state index in [2.05, 4.69) is 10.5 Å². The van der Waals surface area contributed by atoms with Crippen molar-refractivity contribution in [3.63, 3.8) is 0 Å². The highest BCUT2D eigenvalue weighted by Gasteiger charge is 2.15. The number of nitro groups is 1. The van der Waals surface area contributed by atoms with Gasteiger partial charge in [-0.2, -0.15) is 5.10 Å². The molecule has 0 unspecified atom stereocenters. The van der Waals surface area contributed by atoms with E-state index in [-0.39, 0.29) is 16.3 Å². The van der Waals surface area contributed by atoms with Gasteiger partial charge in [0.1, 0.15) is 22.4 Å². The van der Waals surface area contributed by atoms with E-state index >= 15 is 0 Å². The first-order chi connectivity index (χ1) is 12.9. The Morgan fingerprint density at radius 1 is 1.19 bits per heavy atom. The molecular formula is C18H11ClFN3O4. The van der Waals surface area contributed by atoms with Crippen molar-refractivity contribution in [2.45, 2.75) is 0 Å². The van der Waals surface area contributed by atoms with Crippen molar-refractivity contribution in [3.8, 4) is 11.3 Å². The Labute approximate surface area is 157 Å². The fourth-order valence-corrected chi connectivity index (χ4v) is 2.39. The molecule has 0 spiro atoms. The van der Waals surface area contributed by atoms with Crippen LogP contribution < -0.4 is 5.43 Å². The Hall–Kier alpha value is -3.52. The van der Waals surface area contributed by atoms with Gasteiger partial charge in [0.2, 0.25) is 0 Å². The average Bonchev–Trinajstić information content (AvgIpc) is 3.11. The molecule has 0 aliphatic rings. The van der Waals surface area contributed by atoms with Crippen molar-refractivity contribution >= 4 is 29.4 Å². The monoisotopic (exact) mass is 387 g/mol. The zero-order valence-corrected chi connectivity index (χ0v) is 14.3. The van der Waals surface area contributed by atoms with E-state index in [1.165, 1.54) is 42.6 Å². The number of hydrazone groups is 1. The highest BCUT2D eigenvalue weighted by Crippen LogP contribution is 2.30. The Morgan fingerprint density at radius 3 is 2.63 bits per heavy atom. The van der Waals surface area contributed by atoms with E-state index in [0.717, 1.165) is 0 Å². The summed E-state index contributed by atoms with van der Waals surface area (Å²) in [6.45, 7) is 0. The fourth-order valence-electron chi connectivity index (χ4n) is 2.20. The van der Waals surface area contributed by atoms with Crippen molar-refractivity contribution in [2.75, 3.05) is 0 Å². The lowest BCUT2D eigenvalue weighted by Crippen LogP contribution is -2.17. The highest BCUT2D eigenvalue weighted by atomic mass is 35.5. The summed E-state index contributed by atoms with van der Waals surface area (Å²) in [5, 5.41) is 14.8. The molecule has 0 saturated heterocycles. The molecule has 27 heavy (non-hydrogen) atoms. The van der Waals surface area contributed by atoms with Gasteiger partial charge in [-0.05, 0) is 48.5 Å². The predicted molar refractivity (Wildman–Crippen MR) is 97.3 cm³/mol. The maximum Gasteiger partial charge on any atom is 0.288 e. The van der Waals surface area contributed by atoms with Crippen molar-refractivity contribution in [1.29, 1.82) is 0 Å². The molecule has 3 aromatic rings. The van der Waals surface area contributed by atoms with Crippen LogP contribution in [0.5, 0.6) is 0 Å². The van der Waals surface area contributed by atoms with Crippen LogP contribution in [0.15, 0.2) is 64.1 Å². The van der Waals surface area contributed by atoms with Crippen LogP contribution in [-0.2, 0) is 0 Å². The molecule has 7 nitrogen and oxygen atoms in total. The SMILES string of the molecule is O=C(N/N=C\c1ccc(-c2ccc(Cl)c([N+](=O)[O-])c2)o1)c1ccc(F)cc1. The van der Waals surface area contributed by atoms with E-state index in [0.29, 0.717) is 17.1 Å². The van der Waals surface area contributed by atoms with Gasteiger partial charge in [-0.3, -0.25) is 14.9 Å². The molecule has 1 aromatic heterocycles. The third-order valence-corrected chi connectivity index (χ3v) is 3.84. The molecule has 9 heteroatoms. The topological polar surface area (TPSA) is 97.7 Å². The molecule has 0 radical (unpaired) electrons. The zero-order chi connectivity index (χ0) is 19.4. The second-order valence-corrected chi connectivity index (χ2v) is 5.74. The Bertz CT molecular complexity index is 1030. The van der Waals surface area contributed by atoms with Gasteiger partial charge in [0.25, 0.3) is 11.6 Å². The Morgan fingerprint density at radius 2 is 1.93 bits per heavy atom. The number of carbonyl (C=O) groups excluding carboxylic acids is 1. The first kappa shape index (κ1) is 18.3. The summed E-state index contributed by atoms with van der Waals surface area (Å²) in [4.78, 5) is 22.2. The van der Waals surface area contributed by atoms with Crippen molar-refractivity contribution in [2.24, 2.45) is 5.10 Å². The zero-order valence-electron chi connectivity index (χ0n) is 13.6. The van der Waals surface area contributed by atoms with Crippen LogP contribution in [0.4, 0.5) is 10.1 Å². The lowest BCUT2D eigenvalue weighted by molar-refractivity contribution is -0.384. The van der Waals surface area contributed by atoms with Crippen LogP contribution in [-0.4, -0.2) is 17.0 Å². The number of rotatable bonds is 5. The van der Waals surface area contributed by atoms with Crippen molar-refractivity contribution in [3.05, 3.63) is 86.9 Å². The minimum atomic E-state index is -0.581. The number of hydrogen-bond donors (Lipinski definition) is 1. The largest absolute Gasteiger partial charge is 0.455 e. The van der Waals surface area contributed by atoms with E-state index < -0.39 is 16.6 Å². The number of nitrogens with one attached hydrogen (secondary N) is 1. The van der Waals surface area contributed by atoms with Gasteiger partial charge in [0.15, 0.2) is 0 Å². The summed E-state index contributed by atoms with van der Waals surface area (Å²) in [6, 6.07) is 12.5. The lowest BCUT2D eigenvalue weighted by atomic mass is 10.1. The number of furan rings is 1. The van der Waals surface area contributed by atoms with Gasteiger partial charge in [-0.1, -0.05) is 11.6 Å². The van der Waals surface area contributed by atoms with Gasteiger partial charge in [0.05, 0.1) is 11.1 Å². The maximum atomic E-state index is 12.8. The molecular weight excluding hydrogens is 377 g/mol. The highest BCUT2D eigenvalue weighted by molar-refractivity contribution is 6.32. The minimum absolute atomic E-state index is 0.0283. The normalized spacial score (nSPS) is 10.9. The van der Waals surface area contributed by atoms with E-state index in [9.17, 15) is 19.3 Å². The number of carbonyl (C=O) groups is 1. The number of nitrogens with zero attached hydrogens (tertiary/aromatic N) is 2. The van der Waals surface area contributed by atoms with Crippen LogP contribution in [0, 0.1) is 15.9 Å². The average molecular weight is 388 g/mol. The smallest absolute Gasteiger partial charge is 0.288 e. The molecule has 0 atom stereocenters. The molecule has 3 rings (SSSR count). The summed E-state index contributed by atoms with van der Waals surface area (Å²) in [6.07, 6.45) is 1.27. The molecule has 0 aliphatic carbocycles. The van der Waals surface area contributed by atoms with Gasteiger partial charge < -0.3 is 4.42 Å². The van der Waals surface area contributed by atoms with E-state index in [4.69, 9.17) is 16.0 Å². The molecule has 0 bridgehead atoms. The maximum absolute atomic E-state index is 12.8. The first-order valence-corrected chi connectivity index (χ1v) is 7.95. The molecule has 1 heterocycles. The van der Waals surface area contributed by atoms with Crippen LogP contribution in [0.25, 0.3) is 11.3 Å².